The summed E-state index contributed by atoms with van der Waals surface area (Å²) in [5.74, 6) is -1.07. The lowest BCUT2D eigenvalue weighted by Gasteiger charge is -2.13. The van der Waals surface area contributed by atoms with E-state index in [1.54, 1.807) is 7.05 Å². The Balaban J connectivity index is 2.52. The smallest absolute Gasteiger partial charge is 0.324 e. The first-order valence-electron chi connectivity index (χ1n) is 3.97. The highest BCUT2D eigenvalue weighted by atomic mass is 16.4. The Morgan fingerprint density at radius 2 is 2.27 bits per heavy atom. The molecule has 0 spiro atoms. The molecule has 0 bridgehead atoms. The number of amides is 2. The fourth-order valence-corrected chi connectivity index (χ4v) is 0.800. The van der Waals surface area contributed by atoms with Crippen LogP contribution in [0.25, 0.3) is 0 Å². The number of likely N-dealkylation sites (N-methyl/N-ethyl adjacent to an activating group) is 1. The first kappa shape index (κ1) is 10.9. The van der Waals surface area contributed by atoms with E-state index in [1.807, 2.05) is 0 Å². The quantitative estimate of drug-likeness (QED) is 0.650. The number of hydrogen-bond donors (Lipinski definition) is 2. The monoisotopic (exact) mass is 214 g/mol. The Morgan fingerprint density at radius 1 is 1.60 bits per heavy atom. The van der Waals surface area contributed by atoms with Gasteiger partial charge in [-0.3, -0.25) is 10.1 Å². The molecule has 0 saturated heterocycles. The van der Waals surface area contributed by atoms with Crippen LogP contribution < -0.4 is 5.32 Å². The van der Waals surface area contributed by atoms with Crippen LogP contribution in [0, 0.1) is 0 Å². The molecule has 0 unspecified atom stereocenters. The average molecular weight is 214 g/mol. The summed E-state index contributed by atoms with van der Waals surface area (Å²) in [5.41, 5.74) is 0. The fourth-order valence-electron chi connectivity index (χ4n) is 0.800. The molecule has 2 amide bonds. The zero-order chi connectivity index (χ0) is 11.4. The molecule has 0 aromatic carbocycles. The van der Waals surface area contributed by atoms with Gasteiger partial charge in [0.1, 0.15) is 6.54 Å². The molecule has 1 aromatic heterocycles. The van der Waals surface area contributed by atoms with Gasteiger partial charge >= 0.3 is 12.0 Å². The highest BCUT2D eigenvalue weighted by Crippen LogP contribution is 1.95. The van der Waals surface area contributed by atoms with E-state index in [0.29, 0.717) is 0 Å². The minimum Gasteiger partial charge on any atom is -0.480 e. The number of carbonyl (C=O) groups excluding carboxylic acids is 1. The van der Waals surface area contributed by atoms with Gasteiger partial charge in [0.2, 0.25) is 0 Å². The van der Waals surface area contributed by atoms with Crippen LogP contribution >= 0.6 is 0 Å². The summed E-state index contributed by atoms with van der Waals surface area (Å²) in [6.45, 7) is -0.397. The van der Waals surface area contributed by atoms with Gasteiger partial charge in [0.15, 0.2) is 0 Å². The van der Waals surface area contributed by atoms with Crippen molar-refractivity contribution in [2.45, 2.75) is 0 Å². The third-order valence-electron chi connectivity index (χ3n) is 1.45. The molecule has 2 N–H and O–H groups in total. The molecule has 0 saturated carbocycles. The lowest BCUT2D eigenvalue weighted by molar-refractivity contribution is -0.137. The number of carboxylic acids is 1. The molecule has 82 valence electrons. The Morgan fingerprint density at radius 3 is 2.73 bits per heavy atom. The molecule has 1 aromatic rings. The molecule has 1 heterocycles. The second kappa shape index (κ2) is 4.35. The highest BCUT2D eigenvalue weighted by Gasteiger charge is 2.13. The second-order valence-electron chi connectivity index (χ2n) is 2.78. The first-order chi connectivity index (χ1) is 6.99. The van der Waals surface area contributed by atoms with E-state index < -0.39 is 18.5 Å². The van der Waals surface area contributed by atoms with E-state index in [4.69, 9.17) is 5.11 Å². The van der Waals surface area contributed by atoms with Crippen molar-refractivity contribution in [2.24, 2.45) is 7.05 Å². The van der Waals surface area contributed by atoms with Crippen LogP contribution in [0.5, 0.6) is 0 Å². The van der Waals surface area contributed by atoms with Gasteiger partial charge in [0.25, 0.3) is 5.95 Å². The molecular weight excluding hydrogens is 204 g/mol. The van der Waals surface area contributed by atoms with Crippen molar-refractivity contribution >= 4 is 17.9 Å². The molecule has 0 aliphatic heterocycles. The summed E-state index contributed by atoms with van der Waals surface area (Å²) >= 11 is 0. The number of nitrogens with one attached hydrogen (secondary N) is 1. The van der Waals surface area contributed by atoms with Crippen molar-refractivity contribution in [3.63, 3.8) is 0 Å². The molecule has 0 aliphatic carbocycles. The number of hydrogen-bond acceptors (Lipinski definition) is 5. The molecule has 15 heavy (non-hydrogen) atoms. The van der Waals surface area contributed by atoms with E-state index in [0.717, 1.165) is 4.90 Å². The maximum atomic E-state index is 11.3. The van der Waals surface area contributed by atoms with Crippen LogP contribution in [0.4, 0.5) is 10.7 Å². The number of tetrazole rings is 1. The number of aryl methyl sites for hydroxylation is 1. The number of aliphatic carboxylic acids is 1. The van der Waals surface area contributed by atoms with Gasteiger partial charge < -0.3 is 10.0 Å². The second-order valence-corrected chi connectivity index (χ2v) is 2.78. The first-order valence-corrected chi connectivity index (χ1v) is 3.97. The largest absolute Gasteiger partial charge is 0.480 e. The summed E-state index contributed by atoms with van der Waals surface area (Å²) in [5, 5.41) is 21.4. The van der Waals surface area contributed by atoms with Crippen molar-refractivity contribution < 1.29 is 14.7 Å². The number of urea groups is 1. The van der Waals surface area contributed by atoms with E-state index in [-0.39, 0.29) is 5.95 Å². The van der Waals surface area contributed by atoms with Crippen LogP contribution in [0.2, 0.25) is 0 Å². The van der Waals surface area contributed by atoms with Gasteiger partial charge in [0, 0.05) is 7.05 Å². The van der Waals surface area contributed by atoms with Gasteiger partial charge in [-0.05, 0) is 5.21 Å². The van der Waals surface area contributed by atoms with E-state index in [1.165, 1.54) is 11.8 Å². The fraction of sp³-hybridized carbons (Fsp3) is 0.500. The summed E-state index contributed by atoms with van der Waals surface area (Å²) in [7, 11) is 2.89. The Bertz CT molecular complexity index is 375. The van der Waals surface area contributed by atoms with Crippen molar-refractivity contribution in [3.05, 3.63) is 0 Å². The normalized spacial score (nSPS) is 9.73. The van der Waals surface area contributed by atoms with E-state index in [2.05, 4.69) is 20.7 Å². The number of aromatic nitrogens is 4. The van der Waals surface area contributed by atoms with Crippen molar-refractivity contribution in [1.82, 2.24) is 25.1 Å². The third kappa shape index (κ3) is 3.21. The van der Waals surface area contributed by atoms with E-state index >= 15 is 0 Å². The minimum absolute atomic E-state index is 0.0275. The molecule has 0 atom stereocenters. The summed E-state index contributed by atoms with van der Waals surface area (Å²) in [6, 6.07) is -0.606. The van der Waals surface area contributed by atoms with Crippen LogP contribution in [0.1, 0.15) is 0 Å². The van der Waals surface area contributed by atoms with Gasteiger partial charge in [0.05, 0.1) is 7.05 Å². The number of carboxylic acid groups (broad SMARTS) is 1. The summed E-state index contributed by atoms with van der Waals surface area (Å²) < 4.78 is 0. The average Bonchev–Trinajstić information content (AvgIpc) is 2.50. The topological polar surface area (TPSA) is 113 Å². The zero-order valence-electron chi connectivity index (χ0n) is 8.21. The molecule has 1 rings (SSSR count). The van der Waals surface area contributed by atoms with Crippen LogP contribution in [0.3, 0.4) is 0 Å². The van der Waals surface area contributed by atoms with Crippen molar-refractivity contribution in [3.8, 4) is 0 Å². The third-order valence-corrected chi connectivity index (χ3v) is 1.45. The Hall–Kier alpha value is -2.19. The molecule has 9 heteroatoms. The molecule has 0 aliphatic rings. The molecule has 9 nitrogen and oxygen atoms in total. The van der Waals surface area contributed by atoms with Crippen LogP contribution in [-0.4, -0.2) is 55.8 Å². The lowest BCUT2D eigenvalue weighted by atomic mass is 10.6. The maximum absolute atomic E-state index is 11.3. The number of anilines is 1. The predicted molar refractivity (Wildman–Crippen MR) is 48.1 cm³/mol. The van der Waals surface area contributed by atoms with E-state index in [9.17, 15) is 9.59 Å². The van der Waals surface area contributed by atoms with Gasteiger partial charge in [-0.25, -0.2) is 4.79 Å². The predicted octanol–water partition coefficient (Wildman–Crippen LogP) is -1.24. The standard InChI is InChI=1S/C6H10N6O3/c1-11(3-4(13)14)6(15)7-5-8-10-12(2)9-5/h3H2,1-2H3,(H,13,14)(H,7,9,15). The SMILES string of the molecule is CN(CC(=O)O)C(=O)Nc1nnn(C)n1. The maximum Gasteiger partial charge on any atom is 0.324 e. The van der Waals surface area contributed by atoms with Crippen LogP contribution in [0.15, 0.2) is 0 Å². The minimum atomic E-state index is -1.10. The molecular formula is C6H10N6O3. The molecule has 0 fully saturated rings. The van der Waals surface area contributed by atoms with Crippen molar-refractivity contribution in [1.29, 1.82) is 0 Å². The van der Waals surface area contributed by atoms with Crippen LogP contribution in [-0.2, 0) is 11.8 Å². The molecule has 0 radical (unpaired) electrons. The lowest BCUT2D eigenvalue weighted by Crippen LogP contribution is -2.35. The Labute approximate surface area is 84.7 Å². The number of rotatable bonds is 3. The summed E-state index contributed by atoms with van der Waals surface area (Å²) in [6.07, 6.45) is 0. The van der Waals surface area contributed by atoms with Gasteiger partial charge in [-0.1, -0.05) is 5.10 Å². The van der Waals surface area contributed by atoms with Gasteiger partial charge in [-0.2, -0.15) is 4.80 Å². The zero-order valence-corrected chi connectivity index (χ0v) is 8.21. The van der Waals surface area contributed by atoms with Gasteiger partial charge in [-0.15, -0.1) is 5.10 Å². The number of nitrogens with zero attached hydrogens (tertiary/aromatic N) is 5. The summed E-state index contributed by atoms with van der Waals surface area (Å²) in [4.78, 5) is 23.8. The highest BCUT2D eigenvalue weighted by molar-refractivity contribution is 5.89. The van der Waals surface area contributed by atoms with Crippen molar-refractivity contribution in [2.75, 3.05) is 18.9 Å². The number of carbonyl (C=O) groups is 2. The Kier molecular flexibility index (Phi) is 3.16.